The summed E-state index contributed by atoms with van der Waals surface area (Å²) in [5.74, 6) is -0.197. The van der Waals surface area contributed by atoms with Crippen molar-refractivity contribution in [2.45, 2.75) is 130 Å². The highest BCUT2D eigenvalue weighted by atomic mass is 19.4. The molecule has 0 saturated carbocycles. The zero-order chi connectivity index (χ0) is 89.5. The van der Waals surface area contributed by atoms with Crippen molar-refractivity contribution < 1.29 is 75.2 Å². The van der Waals surface area contributed by atoms with Crippen molar-refractivity contribution in [3.05, 3.63) is 321 Å². The van der Waals surface area contributed by atoms with Crippen LogP contribution >= 0.6 is 0 Å². The average Bonchev–Trinajstić information content (AvgIpc) is 0.744. The molecule has 13 rings (SSSR count). The van der Waals surface area contributed by atoms with Crippen molar-refractivity contribution in [1.82, 2.24) is 36.5 Å². The quantitative estimate of drug-likeness (QED) is 0.0285. The molecule has 1 unspecified atom stereocenters. The number of ether oxygens (including phenoxy) is 4. The molecule has 0 fully saturated rings. The summed E-state index contributed by atoms with van der Waals surface area (Å²) in [6, 6.07) is 51.5. The van der Waals surface area contributed by atoms with Gasteiger partial charge in [-0.25, -0.2) is 19.2 Å². The Morgan fingerprint density at radius 2 is 0.740 bits per heavy atom. The SMILES string of the molecule is CCOc1ccc2c(c1Cc1ccc(C)cc1)c(=O)n(CCCO)c(=O)n2C.Cc1ccc(C(O)c2c(OC(F)(F)F)ccc3c2c(=O)n(CCCO)c(=O)n3C)cc1.Cn1c(=O)n(CCCO)c(=O)c2c(Cc3ccccc3)c(-c3cccc(OC(C)(F)F)c3)ccc21.Cn1c(=O)n(CCCO)c(=O)c2c(Cc3ccccc3)c(OC(C)(F)F)ccc21. The summed E-state index contributed by atoms with van der Waals surface area (Å²) >= 11 is 0. The van der Waals surface area contributed by atoms with Gasteiger partial charge in [-0.05, 0) is 146 Å². The van der Waals surface area contributed by atoms with E-state index in [1.54, 1.807) is 56.6 Å². The molecular formula is C91H95F7N8O17. The molecule has 0 aliphatic rings. The van der Waals surface area contributed by atoms with Gasteiger partial charge in [0.15, 0.2) is 0 Å². The van der Waals surface area contributed by atoms with E-state index in [1.807, 2.05) is 112 Å². The third-order valence-electron chi connectivity index (χ3n) is 20.4. The van der Waals surface area contributed by atoms with E-state index in [2.05, 4.69) is 4.74 Å². The number of aliphatic hydroxyl groups excluding tert-OH is 5. The van der Waals surface area contributed by atoms with E-state index >= 15 is 0 Å². The van der Waals surface area contributed by atoms with Crippen LogP contribution in [0.3, 0.4) is 0 Å². The molecule has 5 N–H and O–H groups in total. The molecule has 0 aliphatic carbocycles. The van der Waals surface area contributed by atoms with Crippen LogP contribution in [0.4, 0.5) is 30.7 Å². The number of rotatable bonds is 28. The monoisotopic (exact) mass is 1700 g/mol. The second kappa shape index (κ2) is 40.3. The molecule has 4 heterocycles. The third kappa shape index (κ3) is 22.0. The van der Waals surface area contributed by atoms with E-state index in [-0.39, 0.29) is 128 Å². The lowest BCUT2D eigenvalue weighted by atomic mass is 9.91. The third-order valence-corrected chi connectivity index (χ3v) is 20.4. The van der Waals surface area contributed by atoms with Crippen LogP contribution in [0.5, 0.6) is 23.0 Å². The molecular weight excluding hydrogens is 1610 g/mol. The Hall–Kier alpha value is -12.8. The summed E-state index contributed by atoms with van der Waals surface area (Å²) in [6.07, 6.45) is -11.5. The minimum absolute atomic E-state index is 0.00146. The topological polar surface area (TPSA) is 314 Å². The van der Waals surface area contributed by atoms with E-state index in [0.29, 0.717) is 89.5 Å². The van der Waals surface area contributed by atoms with Crippen LogP contribution in [-0.2, 0) is 73.6 Å². The smallest absolute Gasteiger partial charge is 0.494 e. The number of benzene rings is 9. The van der Waals surface area contributed by atoms with Gasteiger partial charge >= 0.3 is 41.3 Å². The largest absolute Gasteiger partial charge is 0.573 e. The van der Waals surface area contributed by atoms with Gasteiger partial charge in [0.1, 0.15) is 29.1 Å². The first-order chi connectivity index (χ1) is 58.4. The Morgan fingerprint density at radius 1 is 0.382 bits per heavy atom. The van der Waals surface area contributed by atoms with Crippen LogP contribution in [0, 0.1) is 13.8 Å². The van der Waals surface area contributed by atoms with Gasteiger partial charge < -0.3 is 44.5 Å². The number of hydrogen-bond acceptors (Lipinski definition) is 17. The fourth-order valence-electron chi connectivity index (χ4n) is 14.5. The highest BCUT2D eigenvalue weighted by Crippen LogP contribution is 2.39. The van der Waals surface area contributed by atoms with Gasteiger partial charge in [0.05, 0.1) is 50.2 Å². The molecule has 32 heteroatoms. The fraction of sp³-hybridized carbons (Fsp3) is 0.319. The van der Waals surface area contributed by atoms with Gasteiger partial charge in [-0.2, -0.15) is 17.6 Å². The van der Waals surface area contributed by atoms with Gasteiger partial charge in [-0.15, -0.1) is 13.2 Å². The molecule has 650 valence electrons. The molecule has 0 bridgehead atoms. The molecule has 25 nitrogen and oxygen atoms in total. The second-order valence-electron chi connectivity index (χ2n) is 29.4. The lowest BCUT2D eigenvalue weighted by Gasteiger charge is -2.21. The molecule has 123 heavy (non-hydrogen) atoms. The van der Waals surface area contributed by atoms with Crippen LogP contribution in [0.25, 0.3) is 54.7 Å². The number of aryl methyl sites for hydroxylation is 6. The molecule has 0 aliphatic heterocycles. The van der Waals surface area contributed by atoms with E-state index in [0.717, 1.165) is 52.2 Å². The van der Waals surface area contributed by atoms with E-state index < -0.39 is 69.7 Å². The Balaban J connectivity index is 0.000000172. The van der Waals surface area contributed by atoms with Crippen molar-refractivity contribution >= 4 is 43.6 Å². The first kappa shape index (κ1) is 92.5. The highest BCUT2D eigenvalue weighted by molar-refractivity contribution is 5.91. The summed E-state index contributed by atoms with van der Waals surface area (Å²) in [4.78, 5) is 104. The van der Waals surface area contributed by atoms with E-state index in [1.165, 1.54) is 80.4 Å². The molecule has 0 amide bonds. The fourth-order valence-corrected chi connectivity index (χ4v) is 14.5. The minimum Gasteiger partial charge on any atom is -0.494 e. The Kier molecular flexibility index (Phi) is 30.3. The lowest BCUT2D eigenvalue weighted by molar-refractivity contribution is -0.275. The summed E-state index contributed by atoms with van der Waals surface area (Å²) in [5.41, 5.74) is 4.86. The van der Waals surface area contributed by atoms with Crippen LogP contribution < -0.4 is 63.9 Å². The maximum absolute atomic E-state index is 13.6. The van der Waals surface area contributed by atoms with Crippen molar-refractivity contribution in [2.75, 3.05) is 33.0 Å². The standard InChI is InChI=1S/C27H26F2N2O4.C22H26N2O4.C21H21F3N2O5.C21H22F2N2O4/c1-27(28,29)35-20-11-6-10-19(17-20)21-12-13-23-24(22(21)16-18-8-4-3-5-9-18)25(33)31(14-7-15-32)26(34)30(23)2;1-4-28-19-11-10-18-20(17(19)14-16-8-6-15(2)7-9-16)21(26)24(12-5-13-25)22(27)23(18)3;1-12-4-6-13(7-5-12)18(28)17-15(31-21(22,23)24)9-8-14-16(17)19(29)26(10-3-11-27)20(30)25(14)2;1-21(22,23)29-17-10-9-16-18(15(17)13-14-7-4-3-5-8-14)19(27)25(11-6-12-26)20(28)24(16)2/h3-6,8-13,17,32H,7,14-16H2,1-2H3;6-11,25H,4-5,12-14H2,1-3H3;4-9,18,27-28H,3,10-11H2,1-2H3;3-5,7-10,26H,6,11-13H2,1-2H3. The second-order valence-corrected chi connectivity index (χ2v) is 29.4. The maximum Gasteiger partial charge on any atom is 0.573 e. The zero-order valence-corrected chi connectivity index (χ0v) is 69.1. The molecule has 0 spiro atoms. The molecule has 0 radical (unpaired) electrons. The van der Waals surface area contributed by atoms with Crippen LogP contribution in [0.2, 0.25) is 0 Å². The first-order valence-corrected chi connectivity index (χ1v) is 39.4. The number of hydrogen-bond donors (Lipinski definition) is 5. The van der Waals surface area contributed by atoms with Gasteiger partial charge in [0, 0.05) is 124 Å². The van der Waals surface area contributed by atoms with Crippen LogP contribution in [0.15, 0.2) is 220 Å². The number of fused-ring (bicyclic) bond motifs is 4. The van der Waals surface area contributed by atoms with Crippen LogP contribution in [-0.4, -0.2) is 114 Å². The lowest BCUT2D eigenvalue weighted by Crippen LogP contribution is -2.40. The number of aliphatic hydroxyl groups is 5. The van der Waals surface area contributed by atoms with Gasteiger partial charge in [-0.1, -0.05) is 139 Å². The van der Waals surface area contributed by atoms with Gasteiger partial charge in [0.2, 0.25) is 0 Å². The number of aromatic nitrogens is 8. The summed E-state index contributed by atoms with van der Waals surface area (Å²) in [7, 11) is 6.14. The Morgan fingerprint density at radius 3 is 1.15 bits per heavy atom. The highest BCUT2D eigenvalue weighted by Gasteiger charge is 2.36. The van der Waals surface area contributed by atoms with Crippen molar-refractivity contribution in [1.29, 1.82) is 0 Å². The molecule has 13 aromatic rings. The predicted molar refractivity (Wildman–Crippen MR) is 454 cm³/mol. The molecule has 0 saturated heterocycles. The average molecular weight is 1710 g/mol. The van der Waals surface area contributed by atoms with Crippen molar-refractivity contribution in [2.24, 2.45) is 28.2 Å². The first-order valence-electron chi connectivity index (χ1n) is 39.4. The van der Waals surface area contributed by atoms with E-state index in [4.69, 9.17) is 29.5 Å². The van der Waals surface area contributed by atoms with E-state index in [9.17, 15) is 79.3 Å². The molecule has 9 aromatic carbocycles. The maximum atomic E-state index is 13.6. The minimum atomic E-state index is -5.06. The van der Waals surface area contributed by atoms with Gasteiger partial charge in [-0.3, -0.25) is 55.7 Å². The number of alkyl halides is 7. The van der Waals surface area contributed by atoms with Gasteiger partial charge in [0.25, 0.3) is 22.2 Å². The Labute approximate surface area is 699 Å². The van der Waals surface area contributed by atoms with Crippen molar-refractivity contribution in [3.8, 4) is 34.1 Å². The summed E-state index contributed by atoms with van der Waals surface area (Å²) in [5, 5.41) is 48.3. The number of nitrogens with zero attached hydrogens (tertiary/aromatic N) is 8. The van der Waals surface area contributed by atoms with Crippen molar-refractivity contribution in [3.63, 3.8) is 0 Å². The molecule has 4 aromatic heterocycles. The Bertz CT molecular complexity index is 6470. The number of halogens is 7. The molecule has 1 atom stereocenters. The van der Waals surface area contributed by atoms with Crippen LogP contribution in [0.1, 0.15) is 108 Å². The zero-order valence-electron chi connectivity index (χ0n) is 69.1. The predicted octanol–water partition coefficient (Wildman–Crippen LogP) is 11.7. The normalized spacial score (nSPS) is 11.9. The summed E-state index contributed by atoms with van der Waals surface area (Å²) < 4.78 is 122. The summed E-state index contributed by atoms with van der Waals surface area (Å²) in [6.45, 7) is 6.97.